The number of benzene rings is 1. The van der Waals surface area contributed by atoms with Crippen molar-refractivity contribution >= 4 is 35.0 Å². The van der Waals surface area contributed by atoms with E-state index in [-0.39, 0.29) is 17.7 Å². The van der Waals surface area contributed by atoms with Gasteiger partial charge in [0.15, 0.2) is 5.71 Å². The van der Waals surface area contributed by atoms with Crippen LogP contribution >= 0.6 is 0 Å². The third-order valence-electron chi connectivity index (χ3n) is 2.67. The highest BCUT2D eigenvalue weighted by atomic mass is 19.4. The number of nitrogens with one attached hydrogen (secondary N) is 1. The summed E-state index contributed by atoms with van der Waals surface area (Å²) in [7, 11) is 0. The van der Waals surface area contributed by atoms with Crippen molar-refractivity contribution in [1.82, 2.24) is 0 Å². The molecule has 4 N–H and O–H groups in total. The van der Waals surface area contributed by atoms with Crippen molar-refractivity contribution in [3.63, 3.8) is 0 Å². The number of fused-ring (bicyclic) bond motifs is 1. The van der Waals surface area contributed by atoms with Crippen LogP contribution in [0.25, 0.3) is 0 Å². The van der Waals surface area contributed by atoms with Gasteiger partial charge in [0.05, 0.1) is 16.9 Å². The van der Waals surface area contributed by atoms with Crippen molar-refractivity contribution in [3.8, 4) is 0 Å². The van der Waals surface area contributed by atoms with E-state index in [2.05, 4.69) is 10.3 Å². The summed E-state index contributed by atoms with van der Waals surface area (Å²) in [5.74, 6) is -1.45. The number of hydrogen-bond donors (Lipinski definition) is 3. The minimum Gasteiger partial charge on any atom is -0.477 e. The molecule has 1 aromatic carbocycles. The predicted molar refractivity (Wildman–Crippen MR) is 64.1 cm³/mol. The maximum absolute atomic E-state index is 12.7. The van der Waals surface area contributed by atoms with Crippen molar-refractivity contribution in [3.05, 3.63) is 17.7 Å². The van der Waals surface area contributed by atoms with Crippen LogP contribution in [0.5, 0.6) is 0 Å². The number of carboxylic acids is 1. The van der Waals surface area contributed by atoms with Gasteiger partial charge in [0.1, 0.15) is 12.3 Å². The molecule has 1 unspecified atom stereocenters. The van der Waals surface area contributed by atoms with Crippen LogP contribution in [0.2, 0.25) is 0 Å². The highest BCUT2D eigenvalue weighted by molar-refractivity contribution is 6.42. The smallest absolute Gasteiger partial charge is 0.418 e. The molecule has 0 saturated heterocycles. The molecule has 0 saturated carbocycles. The number of aliphatic carboxylic acids is 1. The number of nitrogens with two attached hydrogens (primary N) is 1. The molecule has 1 aromatic rings. The largest absolute Gasteiger partial charge is 0.477 e. The first-order valence-corrected chi connectivity index (χ1v) is 5.28. The minimum atomic E-state index is -4.66. The normalized spacial score (nSPS) is 17.8. The standard InChI is InChI=1S/C11H8F3N3O3/c12-11(13,14)4-1-6-7(2-5(4)15)17-9(10(19)20)8(3-18)16-6/h1-3,8,16H,15H2,(H,19,20). The van der Waals surface area contributed by atoms with Crippen LogP contribution in [0, 0.1) is 0 Å². The summed E-state index contributed by atoms with van der Waals surface area (Å²) < 4.78 is 38.1. The first-order chi connectivity index (χ1) is 9.24. The lowest BCUT2D eigenvalue weighted by Gasteiger charge is -2.23. The number of nitrogen functional groups attached to an aromatic ring is 1. The Balaban J connectivity index is 2.59. The van der Waals surface area contributed by atoms with Gasteiger partial charge in [-0.1, -0.05) is 0 Å². The van der Waals surface area contributed by atoms with E-state index >= 15 is 0 Å². The fourth-order valence-electron chi connectivity index (χ4n) is 1.77. The van der Waals surface area contributed by atoms with Crippen molar-refractivity contribution < 1.29 is 27.9 Å². The van der Waals surface area contributed by atoms with Gasteiger partial charge in [0, 0.05) is 5.69 Å². The number of carbonyl (C=O) groups excluding carboxylic acids is 1. The first kappa shape index (κ1) is 13.8. The molecule has 0 radical (unpaired) electrons. The van der Waals surface area contributed by atoms with E-state index in [1.807, 2.05) is 0 Å². The number of carbonyl (C=O) groups is 2. The Morgan fingerprint density at radius 2 is 2.10 bits per heavy atom. The van der Waals surface area contributed by atoms with E-state index in [0.29, 0.717) is 6.07 Å². The van der Waals surface area contributed by atoms with Crippen LogP contribution in [0.4, 0.5) is 30.2 Å². The predicted octanol–water partition coefficient (Wildman–Crippen LogP) is 1.44. The van der Waals surface area contributed by atoms with Gasteiger partial charge in [-0.2, -0.15) is 13.2 Å². The lowest BCUT2D eigenvalue weighted by atomic mass is 10.1. The minimum absolute atomic E-state index is 0.0639. The van der Waals surface area contributed by atoms with Gasteiger partial charge in [-0.25, -0.2) is 9.79 Å². The zero-order chi connectivity index (χ0) is 15.1. The van der Waals surface area contributed by atoms with Gasteiger partial charge in [-0.05, 0) is 12.1 Å². The Morgan fingerprint density at radius 3 is 2.60 bits per heavy atom. The van der Waals surface area contributed by atoms with Crippen molar-refractivity contribution in [2.24, 2.45) is 4.99 Å². The van der Waals surface area contributed by atoms with E-state index < -0.39 is 35.1 Å². The second-order valence-electron chi connectivity index (χ2n) is 4.01. The van der Waals surface area contributed by atoms with Gasteiger partial charge in [0.25, 0.3) is 0 Å². The maximum Gasteiger partial charge on any atom is 0.418 e. The van der Waals surface area contributed by atoms with Gasteiger partial charge in [-0.15, -0.1) is 0 Å². The zero-order valence-electron chi connectivity index (χ0n) is 9.73. The number of anilines is 2. The molecular weight excluding hydrogens is 279 g/mol. The molecule has 1 aliphatic heterocycles. The van der Waals surface area contributed by atoms with Gasteiger partial charge in [0.2, 0.25) is 0 Å². The lowest BCUT2D eigenvalue weighted by molar-refractivity contribution is -0.137. The Kier molecular flexibility index (Phi) is 3.12. The van der Waals surface area contributed by atoms with Crippen molar-refractivity contribution in [1.29, 1.82) is 0 Å². The molecule has 9 heteroatoms. The molecule has 0 spiro atoms. The number of aliphatic imine (C=N–C) groups is 1. The average Bonchev–Trinajstić information content (AvgIpc) is 2.34. The number of nitrogens with zero attached hydrogens (tertiary/aromatic N) is 1. The fourth-order valence-corrected chi connectivity index (χ4v) is 1.77. The molecule has 0 fully saturated rings. The van der Waals surface area contributed by atoms with Crippen LogP contribution in [-0.4, -0.2) is 29.1 Å². The summed E-state index contributed by atoms with van der Waals surface area (Å²) in [6.45, 7) is 0. The fraction of sp³-hybridized carbons (Fsp3) is 0.182. The van der Waals surface area contributed by atoms with Gasteiger partial charge < -0.3 is 21.0 Å². The second kappa shape index (κ2) is 4.51. The Bertz CT molecular complexity index is 625. The third-order valence-corrected chi connectivity index (χ3v) is 2.67. The third kappa shape index (κ3) is 2.29. The highest BCUT2D eigenvalue weighted by Crippen LogP contribution is 2.40. The summed E-state index contributed by atoms with van der Waals surface area (Å²) in [4.78, 5) is 25.3. The maximum atomic E-state index is 12.7. The van der Waals surface area contributed by atoms with E-state index in [4.69, 9.17) is 10.8 Å². The molecule has 106 valence electrons. The number of rotatable bonds is 2. The summed E-state index contributed by atoms with van der Waals surface area (Å²) in [6, 6.07) is 0.294. The molecule has 1 heterocycles. The Morgan fingerprint density at radius 1 is 1.45 bits per heavy atom. The molecule has 6 nitrogen and oxygen atoms in total. The molecule has 2 rings (SSSR count). The first-order valence-electron chi connectivity index (χ1n) is 5.28. The second-order valence-corrected chi connectivity index (χ2v) is 4.01. The molecule has 1 aliphatic rings. The molecule has 0 amide bonds. The van der Waals surface area contributed by atoms with E-state index in [1.165, 1.54) is 0 Å². The Hall–Kier alpha value is -2.58. The van der Waals surface area contributed by atoms with Crippen LogP contribution in [0.1, 0.15) is 5.56 Å². The number of alkyl halides is 3. The summed E-state index contributed by atoms with van der Waals surface area (Å²) in [5, 5.41) is 11.3. The molecule has 1 atom stereocenters. The number of halogens is 3. The number of hydrogen-bond acceptors (Lipinski definition) is 5. The molecule has 0 bridgehead atoms. The van der Waals surface area contributed by atoms with Crippen LogP contribution in [0.3, 0.4) is 0 Å². The van der Waals surface area contributed by atoms with Crippen LogP contribution < -0.4 is 11.1 Å². The molecule has 20 heavy (non-hydrogen) atoms. The SMILES string of the molecule is Nc1cc2c(cc1C(F)(F)F)NC(C=O)C(C(=O)O)=N2. The van der Waals surface area contributed by atoms with E-state index in [9.17, 15) is 22.8 Å². The van der Waals surface area contributed by atoms with Gasteiger partial charge >= 0.3 is 12.1 Å². The van der Waals surface area contributed by atoms with E-state index in [1.54, 1.807) is 0 Å². The van der Waals surface area contributed by atoms with Crippen molar-refractivity contribution in [2.75, 3.05) is 11.1 Å². The molecule has 0 aromatic heterocycles. The summed E-state index contributed by atoms with van der Waals surface area (Å²) >= 11 is 0. The van der Waals surface area contributed by atoms with Crippen LogP contribution in [0.15, 0.2) is 17.1 Å². The summed E-state index contributed by atoms with van der Waals surface area (Å²) in [5.41, 5.74) is 2.96. The number of carboxylic acid groups (broad SMARTS) is 1. The van der Waals surface area contributed by atoms with Crippen molar-refractivity contribution in [2.45, 2.75) is 12.2 Å². The molecule has 0 aliphatic carbocycles. The monoisotopic (exact) mass is 287 g/mol. The quantitative estimate of drug-likeness (QED) is 0.564. The number of aldehydes is 1. The van der Waals surface area contributed by atoms with Gasteiger partial charge in [-0.3, -0.25) is 0 Å². The topological polar surface area (TPSA) is 105 Å². The zero-order valence-corrected chi connectivity index (χ0v) is 9.73. The average molecular weight is 287 g/mol. The van der Waals surface area contributed by atoms with Crippen LogP contribution in [-0.2, 0) is 15.8 Å². The van der Waals surface area contributed by atoms with E-state index in [0.717, 1.165) is 6.07 Å². The summed E-state index contributed by atoms with van der Waals surface area (Å²) in [6.07, 6.45) is -4.41. The highest BCUT2D eigenvalue weighted by Gasteiger charge is 2.35. The lowest BCUT2D eigenvalue weighted by Crippen LogP contribution is -2.38. The molecular formula is C11H8F3N3O3. The Labute approximate surface area is 110 Å².